The quantitative estimate of drug-likeness (QED) is 0.508. The summed E-state index contributed by atoms with van der Waals surface area (Å²) < 4.78 is 5.03. The molecule has 2 heterocycles. The Balaban J connectivity index is 1.49. The van der Waals surface area contributed by atoms with E-state index in [0.29, 0.717) is 10.6 Å². The fraction of sp³-hybridized carbons (Fsp3) is 0.308. The highest BCUT2D eigenvalue weighted by Gasteiger charge is 2.29. The molecule has 0 atom stereocenters. The van der Waals surface area contributed by atoms with Gasteiger partial charge in [-0.2, -0.15) is 0 Å². The highest BCUT2D eigenvalue weighted by Crippen LogP contribution is 2.37. The molecule has 3 aromatic rings. The van der Waals surface area contributed by atoms with Crippen LogP contribution in [0.5, 0.6) is 0 Å². The van der Waals surface area contributed by atoms with E-state index in [9.17, 15) is 9.59 Å². The summed E-state index contributed by atoms with van der Waals surface area (Å²) in [5, 5.41) is 3.59. The van der Waals surface area contributed by atoms with Crippen LogP contribution in [0.1, 0.15) is 39.7 Å². The van der Waals surface area contributed by atoms with Gasteiger partial charge in [-0.1, -0.05) is 61.5 Å². The number of anilines is 1. The molecule has 166 valence electrons. The molecule has 0 saturated heterocycles. The number of methoxy groups -OCH3 is 1. The van der Waals surface area contributed by atoms with E-state index in [-0.39, 0.29) is 18.3 Å². The monoisotopic (exact) mass is 448 g/mol. The third-order valence-corrected chi connectivity index (χ3v) is 6.88. The Hall–Kier alpha value is -2.96. The van der Waals surface area contributed by atoms with Gasteiger partial charge in [-0.25, -0.2) is 4.79 Å². The minimum atomic E-state index is -0.381. The molecular formula is C26H28N2O3S. The fourth-order valence-corrected chi connectivity index (χ4v) is 5.47. The molecule has 5 nitrogen and oxygen atoms in total. The van der Waals surface area contributed by atoms with Gasteiger partial charge in [0.15, 0.2) is 0 Å². The number of nitrogens with zero attached hydrogens (tertiary/aromatic N) is 1. The van der Waals surface area contributed by atoms with E-state index in [2.05, 4.69) is 29.3 Å². The topological polar surface area (TPSA) is 58.6 Å². The number of esters is 1. The normalized spacial score (nSPS) is 13.4. The number of nitrogens with one attached hydrogen (secondary N) is 1. The Bertz CT molecular complexity index is 1090. The number of fused-ring (bicyclic) bond motifs is 1. The Morgan fingerprint density at radius 2 is 1.78 bits per heavy atom. The van der Waals surface area contributed by atoms with Crippen molar-refractivity contribution in [3.05, 3.63) is 76.2 Å². The molecule has 0 spiro atoms. The average Bonchev–Trinajstić information content (AvgIpc) is 3.16. The van der Waals surface area contributed by atoms with E-state index < -0.39 is 0 Å². The number of hydrogen-bond donors (Lipinski definition) is 1. The summed E-state index contributed by atoms with van der Waals surface area (Å²) in [6, 6.07) is 18.2. The molecule has 1 aromatic heterocycles. The van der Waals surface area contributed by atoms with E-state index in [1.165, 1.54) is 18.4 Å². The Morgan fingerprint density at radius 3 is 2.47 bits per heavy atom. The number of ether oxygens (including phenoxy) is 1. The Labute approximate surface area is 193 Å². The molecule has 32 heavy (non-hydrogen) atoms. The number of carbonyl (C=O) groups excluding carboxylic acids is 2. The summed E-state index contributed by atoms with van der Waals surface area (Å²) in [4.78, 5) is 28.9. The first kappa shape index (κ1) is 22.2. The van der Waals surface area contributed by atoms with Crippen LogP contribution < -0.4 is 5.32 Å². The lowest BCUT2D eigenvalue weighted by molar-refractivity contribution is -0.115. The first-order valence-electron chi connectivity index (χ1n) is 11.0. The fourth-order valence-electron chi connectivity index (χ4n) is 4.17. The highest BCUT2D eigenvalue weighted by atomic mass is 32.1. The molecule has 2 aromatic carbocycles. The van der Waals surface area contributed by atoms with Crippen molar-refractivity contribution < 1.29 is 14.3 Å². The zero-order valence-corrected chi connectivity index (χ0v) is 19.3. The SMILES string of the molecule is CCCN1CCc2c(sc(NC(=O)Cc3ccc(-c4ccccc4)cc3)c2C(=O)OC)C1. The van der Waals surface area contributed by atoms with Crippen molar-refractivity contribution in [3.8, 4) is 11.1 Å². The van der Waals surface area contributed by atoms with Crippen molar-refractivity contribution in [1.82, 2.24) is 4.90 Å². The molecular weight excluding hydrogens is 420 g/mol. The van der Waals surface area contributed by atoms with Crippen LogP contribution in [0, 0.1) is 0 Å². The predicted molar refractivity (Wildman–Crippen MR) is 129 cm³/mol. The maximum absolute atomic E-state index is 12.8. The van der Waals surface area contributed by atoms with Gasteiger partial charge in [0.2, 0.25) is 5.91 Å². The van der Waals surface area contributed by atoms with Crippen LogP contribution in [0.2, 0.25) is 0 Å². The van der Waals surface area contributed by atoms with Gasteiger partial charge in [-0.05, 0) is 41.6 Å². The van der Waals surface area contributed by atoms with Crippen LogP contribution in [0.3, 0.4) is 0 Å². The third kappa shape index (κ3) is 4.92. The maximum Gasteiger partial charge on any atom is 0.341 e. The van der Waals surface area contributed by atoms with Crippen LogP contribution in [0.25, 0.3) is 11.1 Å². The van der Waals surface area contributed by atoms with Crippen LogP contribution in [0.15, 0.2) is 54.6 Å². The number of benzene rings is 2. The first-order valence-corrected chi connectivity index (χ1v) is 11.8. The number of hydrogen-bond acceptors (Lipinski definition) is 5. The van der Waals surface area contributed by atoms with Gasteiger partial charge in [-0.15, -0.1) is 11.3 Å². The minimum Gasteiger partial charge on any atom is -0.465 e. The smallest absolute Gasteiger partial charge is 0.341 e. The number of amides is 1. The molecule has 0 radical (unpaired) electrons. The number of carbonyl (C=O) groups is 2. The molecule has 0 saturated carbocycles. The second-order valence-corrected chi connectivity index (χ2v) is 9.12. The van der Waals surface area contributed by atoms with E-state index in [4.69, 9.17) is 4.74 Å². The van der Waals surface area contributed by atoms with Crippen molar-refractivity contribution in [2.75, 3.05) is 25.5 Å². The summed E-state index contributed by atoms with van der Waals surface area (Å²) in [5.41, 5.74) is 4.74. The molecule has 1 aliphatic rings. The lowest BCUT2D eigenvalue weighted by atomic mass is 10.0. The van der Waals surface area contributed by atoms with Crippen LogP contribution in [0.4, 0.5) is 5.00 Å². The van der Waals surface area contributed by atoms with Gasteiger partial charge in [0, 0.05) is 18.0 Å². The van der Waals surface area contributed by atoms with Gasteiger partial charge in [0.05, 0.1) is 19.1 Å². The largest absolute Gasteiger partial charge is 0.465 e. The molecule has 6 heteroatoms. The first-order chi connectivity index (χ1) is 15.6. The molecule has 0 unspecified atom stereocenters. The predicted octanol–water partition coefficient (Wildman–Crippen LogP) is 5.15. The maximum atomic E-state index is 12.8. The molecule has 0 bridgehead atoms. The molecule has 1 aliphatic heterocycles. The number of rotatable bonds is 7. The lowest BCUT2D eigenvalue weighted by Gasteiger charge is -2.26. The summed E-state index contributed by atoms with van der Waals surface area (Å²) in [5.74, 6) is -0.513. The number of thiophene rings is 1. The van der Waals surface area contributed by atoms with Gasteiger partial charge in [-0.3, -0.25) is 9.69 Å². The Kier molecular flexibility index (Phi) is 7.02. The molecule has 0 fully saturated rings. The zero-order valence-electron chi connectivity index (χ0n) is 18.5. The van der Waals surface area contributed by atoms with E-state index in [1.807, 2.05) is 42.5 Å². The minimum absolute atomic E-state index is 0.133. The van der Waals surface area contributed by atoms with E-state index >= 15 is 0 Å². The summed E-state index contributed by atoms with van der Waals surface area (Å²) >= 11 is 1.50. The van der Waals surface area contributed by atoms with Gasteiger partial charge < -0.3 is 10.1 Å². The van der Waals surface area contributed by atoms with Crippen molar-refractivity contribution in [1.29, 1.82) is 0 Å². The van der Waals surface area contributed by atoms with Gasteiger partial charge in [0.25, 0.3) is 0 Å². The molecule has 4 rings (SSSR count). The second kappa shape index (κ2) is 10.1. The average molecular weight is 449 g/mol. The van der Waals surface area contributed by atoms with E-state index in [0.717, 1.165) is 59.6 Å². The van der Waals surface area contributed by atoms with Crippen LogP contribution in [-0.4, -0.2) is 37.0 Å². The van der Waals surface area contributed by atoms with Crippen LogP contribution >= 0.6 is 11.3 Å². The third-order valence-electron chi connectivity index (χ3n) is 5.74. The standard InChI is InChI=1S/C26H28N2O3S/c1-3-14-28-15-13-21-22(17-28)32-25(24(21)26(30)31-2)27-23(29)16-18-9-11-20(12-10-18)19-7-5-4-6-8-19/h4-12H,3,13-17H2,1-2H3,(H,27,29). The van der Waals surface area contributed by atoms with Gasteiger partial charge >= 0.3 is 5.97 Å². The van der Waals surface area contributed by atoms with E-state index in [1.54, 1.807) is 0 Å². The van der Waals surface area contributed by atoms with Gasteiger partial charge in [0.1, 0.15) is 5.00 Å². The molecule has 1 amide bonds. The van der Waals surface area contributed by atoms with Crippen molar-refractivity contribution in [2.45, 2.75) is 32.7 Å². The summed E-state index contributed by atoms with van der Waals surface area (Å²) in [7, 11) is 1.39. The Morgan fingerprint density at radius 1 is 1.06 bits per heavy atom. The van der Waals surface area contributed by atoms with Crippen molar-refractivity contribution in [2.24, 2.45) is 0 Å². The van der Waals surface area contributed by atoms with Crippen molar-refractivity contribution in [3.63, 3.8) is 0 Å². The molecule has 1 N–H and O–H groups in total. The molecule has 0 aliphatic carbocycles. The van der Waals surface area contributed by atoms with Crippen LogP contribution in [-0.2, 0) is 28.9 Å². The summed E-state index contributed by atoms with van der Waals surface area (Å²) in [6.07, 6.45) is 2.14. The van der Waals surface area contributed by atoms with Crippen molar-refractivity contribution >= 4 is 28.2 Å². The highest BCUT2D eigenvalue weighted by molar-refractivity contribution is 7.17. The summed E-state index contributed by atoms with van der Waals surface area (Å²) in [6.45, 7) is 4.94. The zero-order chi connectivity index (χ0) is 22.5. The second-order valence-electron chi connectivity index (χ2n) is 8.01. The lowest BCUT2D eigenvalue weighted by Crippen LogP contribution is -2.30.